The molecule has 1 aromatic carbocycles. The third-order valence-electron chi connectivity index (χ3n) is 3.15. The van der Waals surface area contributed by atoms with Gasteiger partial charge in [-0.1, -0.05) is 29.8 Å². The zero-order valence-corrected chi connectivity index (χ0v) is 13.4. The molecule has 1 heterocycles. The molecule has 0 aliphatic heterocycles. The molecule has 0 bridgehead atoms. The van der Waals surface area contributed by atoms with Crippen LogP contribution in [0.5, 0.6) is 0 Å². The lowest BCUT2D eigenvalue weighted by Gasteiger charge is -2.19. The van der Waals surface area contributed by atoms with Crippen molar-refractivity contribution in [1.29, 1.82) is 0 Å². The van der Waals surface area contributed by atoms with Crippen LogP contribution in [0.2, 0.25) is 5.02 Å². The molecule has 23 heavy (non-hydrogen) atoms. The summed E-state index contributed by atoms with van der Waals surface area (Å²) in [6, 6.07) is 7.20. The van der Waals surface area contributed by atoms with Crippen molar-refractivity contribution in [2.45, 2.75) is 6.54 Å². The molecule has 2 amide bonds. The fraction of sp³-hybridized carbons (Fsp3) is 0.250. The Bertz CT molecular complexity index is 654. The number of anilines is 1. The average Bonchev–Trinajstić information content (AvgIpc) is 2.96. The molecular formula is C16H19ClN4O2. The Hall–Kier alpha value is -2.31. The summed E-state index contributed by atoms with van der Waals surface area (Å²) < 4.78 is 1.72. The third-order valence-corrected chi connectivity index (χ3v) is 3.40. The molecule has 2 rings (SSSR count). The van der Waals surface area contributed by atoms with E-state index in [2.05, 4.69) is 17.0 Å². The van der Waals surface area contributed by atoms with Crippen LogP contribution >= 0.6 is 11.6 Å². The number of halogens is 1. The molecule has 0 aliphatic carbocycles. The van der Waals surface area contributed by atoms with Crippen LogP contribution < -0.4 is 5.32 Å². The average molecular weight is 335 g/mol. The lowest BCUT2D eigenvalue weighted by atomic mass is 10.2. The summed E-state index contributed by atoms with van der Waals surface area (Å²) in [6.07, 6.45) is 4.94. The van der Waals surface area contributed by atoms with Gasteiger partial charge in [-0.2, -0.15) is 5.10 Å². The van der Waals surface area contributed by atoms with Crippen LogP contribution in [0.1, 0.15) is 5.56 Å². The van der Waals surface area contributed by atoms with Gasteiger partial charge in [-0.25, -0.2) is 4.79 Å². The predicted octanol–water partition coefficient (Wildman–Crippen LogP) is 2.60. The second kappa shape index (κ2) is 8.36. The first-order valence-corrected chi connectivity index (χ1v) is 7.54. The van der Waals surface area contributed by atoms with E-state index in [-0.39, 0.29) is 19.2 Å². The number of nitrogens with one attached hydrogen (secondary N) is 1. The van der Waals surface area contributed by atoms with E-state index in [1.54, 1.807) is 23.2 Å². The number of hydrogen-bond donors (Lipinski definition) is 2. The molecule has 6 nitrogen and oxygen atoms in total. The Morgan fingerprint density at radius 1 is 1.43 bits per heavy atom. The summed E-state index contributed by atoms with van der Waals surface area (Å²) in [4.78, 5) is 13.6. The number of hydrogen-bond acceptors (Lipinski definition) is 3. The third kappa shape index (κ3) is 5.12. The van der Waals surface area contributed by atoms with E-state index in [9.17, 15) is 4.79 Å². The minimum absolute atomic E-state index is 0.100. The monoisotopic (exact) mass is 334 g/mol. The van der Waals surface area contributed by atoms with E-state index in [4.69, 9.17) is 16.7 Å². The summed E-state index contributed by atoms with van der Waals surface area (Å²) in [5.74, 6) is 0. The first kappa shape index (κ1) is 17.1. The number of benzene rings is 1. The largest absolute Gasteiger partial charge is 0.395 e. The molecule has 0 unspecified atom stereocenters. The van der Waals surface area contributed by atoms with Crippen LogP contribution in [0, 0.1) is 0 Å². The van der Waals surface area contributed by atoms with E-state index >= 15 is 0 Å². The van der Waals surface area contributed by atoms with Gasteiger partial charge < -0.3 is 15.3 Å². The number of urea groups is 1. The Morgan fingerprint density at radius 2 is 2.17 bits per heavy atom. The Balaban J connectivity index is 1.97. The van der Waals surface area contributed by atoms with E-state index in [0.717, 1.165) is 5.56 Å². The number of carbonyl (C=O) groups excluding carboxylic acids is 1. The van der Waals surface area contributed by atoms with Gasteiger partial charge in [-0.3, -0.25) is 4.68 Å². The van der Waals surface area contributed by atoms with Crippen LogP contribution in [0.4, 0.5) is 10.5 Å². The Labute approximate surface area is 140 Å². The second-order valence-corrected chi connectivity index (χ2v) is 5.38. The smallest absolute Gasteiger partial charge is 0.322 e. The van der Waals surface area contributed by atoms with Crippen LogP contribution in [0.3, 0.4) is 0 Å². The molecule has 7 heteroatoms. The predicted molar refractivity (Wildman–Crippen MR) is 90.7 cm³/mol. The maximum Gasteiger partial charge on any atom is 0.322 e. The summed E-state index contributed by atoms with van der Waals surface area (Å²) in [6.45, 7) is 4.70. The summed E-state index contributed by atoms with van der Waals surface area (Å²) in [7, 11) is 0. The molecule has 0 aliphatic rings. The zero-order valence-electron chi connectivity index (χ0n) is 12.7. The van der Waals surface area contributed by atoms with Crippen molar-refractivity contribution in [3.05, 3.63) is 59.9 Å². The van der Waals surface area contributed by atoms with Crippen LogP contribution in [-0.2, 0) is 6.54 Å². The van der Waals surface area contributed by atoms with E-state index in [1.807, 2.05) is 24.3 Å². The molecule has 122 valence electrons. The first-order chi connectivity index (χ1) is 11.1. The standard InChI is InChI=1S/C16H19ClN4O2/c1-2-7-20(8-9-22)16(23)19-15-10-18-21(12-15)11-13-3-5-14(17)6-4-13/h2-6,10,12,22H,1,7-9,11H2,(H,19,23). The lowest BCUT2D eigenvalue weighted by molar-refractivity contribution is 0.195. The van der Waals surface area contributed by atoms with Crippen molar-refractivity contribution >= 4 is 23.3 Å². The number of amides is 2. The minimum Gasteiger partial charge on any atom is -0.395 e. The molecule has 2 aromatic rings. The van der Waals surface area contributed by atoms with Crippen LogP contribution in [0.15, 0.2) is 49.3 Å². The summed E-state index contributed by atoms with van der Waals surface area (Å²) in [5.41, 5.74) is 1.65. The number of carbonyl (C=O) groups is 1. The van der Waals surface area contributed by atoms with Crippen molar-refractivity contribution in [3.8, 4) is 0 Å². The van der Waals surface area contributed by atoms with Crippen molar-refractivity contribution in [1.82, 2.24) is 14.7 Å². The maximum atomic E-state index is 12.1. The number of aliphatic hydroxyl groups excluding tert-OH is 1. The SMILES string of the molecule is C=CCN(CCO)C(=O)Nc1cnn(Cc2ccc(Cl)cc2)c1. The molecule has 0 saturated heterocycles. The van der Waals surface area contributed by atoms with Gasteiger partial charge in [0.05, 0.1) is 25.0 Å². The molecule has 0 spiro atoms. The normalized spacial score (nSPS) is 10.3. The molecule has 1 aromatic heterocycles. The maximum absolute atomic E-state index is 12.1. The van der Waals surface area contributed by atoms with Gasteiger partial charge >= 0.3 is 6.03 Å². The first-order valence-electron chi connectivity index (χ1n) is 7.17. The molecule has 0 saturated carbocycles. The van der Waals surface area contributed by atoms with E-state index < -0.39 is 0 Å². The number of rotatable bonds is 7. The highest BCUT2D eigenvalue weighted by Crippen LogP contribution is 2.12. The van der Waals surface area contributed by atoms with Crippen LogP contribution in [0.25, 0.3) is 0 Å². The van der Waals surface area contributed by atoms with Gasteiger partial charge in [-0.05, 0) is 17.7 Å². The fourth-order valence-electron chi connectivity index (χ4n) is 2.05. The summed E-state index contributed by atoms with van der Waals surface area (Å²) in [5, 5.41) is 16.6. The van der Waals surface area contributed by atoms with Crippen molar-refractivity contribution in [2.24, 2.45) is 0 Å². The van der Waals surface area contributed by atoms with Crippen molar-refractivity contribution in [3.63, 3.8) is 0 Å². The number of aromatic nitrogens is 2. The molecule has 0 fully saturated rings. The number of nitrogens with zero attached hydrogens (tertiary/aromatic N) is 3. The van der Waals surface area contributed by atoms with Crippen LogP contribution in [-0.4, -0.2) is 45.5 Å². The van der Waals surface area contributed by atoms with Gasteiger partial charge in [0, 0.05) is 24.3 Å². The highest BCUT2D eigenvalue weighted by atomic mass is 35.5. The van der Waals surface area contributed by atoms with Crippen molar-refractivity contribution < 1.29 is 9.90 Å². The topological polar surface area (TPSA) is 70.4 Å². The summed E-state index contributed by atoms with van der Waals surface area (Å²) >= 11 is 5.86. The second-order valence-electron chi connectivity index (χ2n) is 4.94. The molecule has 2 N–H and O–H groups in total. The van der Waals surface area contributed by atoms with Gasteiger partial charge in [0.15, 0.2) is 0 Å². The van der Waals surface area contributed by atoms with Gasteiger partial charge in [-0.15, -0.1) is 6.58 Å². The Kier molecular flexibility index (Phi) is 6.19. The van der Waals surface area contributed by atoms with Gasteiger partial charge in [0.1, 0.15) is 0 Å². The number of aliphatic hydroxyl groups is 1. The highest BCUT2D eigenvalue weighted by Gasteiger charge is 2.12. The fourth-order valence-corrected chi connectivity index (χ4v) is 2.17. The van der Waals surface area contributed by atoms with Gasteiger partial charge in [0.2, 0.25) is 0 Å². The lowest BCUT2D eigenvalue weighted by Crippen LogP contribution is -2.37. The quantitative estimate of drug-likeness (QED) is 0.765. The molecule has 0 atom stereocenters. The molecular weight excluding hydrogens is 316 g/mol. The van der Waals surface area contributed by atoms with E-state index in [1.165, 1.54) is 4.90 Å². The zero-order chi connectivity index (χ0) is 16.7. The van der Waals surface area contributed by atoms with E-state index in [0.29, 0.717) is 23.8 Å². The van der Waals surface area contributed by atoms with Crippen molar-refractivity contribution in [2.75, 3.05) is 25.0 Å². The highest BCUT2D eigenvalue weighted by molar-refractivity contribution is 6.30. The molecule has 0 radical (unpaired) electrons. The Morgan fingerprint density at radius 3 is 2.83 bits per heavy atom. The van der Waals surface area contributed by atoms with Gasteiger partial charge in [0.25, 0.3) is 0 Å². The minimum atomic E-state index is -0.301.